The number of carbonyl (C=O) groups is 2. The number of carboxylic acid groups (broad SMARTS) is 1. The molecule has 0 spiro atoms. The van der Waals surface area contributed by atoms with Gasteiger partial charge in [-0.3, -0.25) is 9.59 Å². The molecule has 1 rings (SSSR count). The molecular formula is C11H20N2O4. The number of rotatable bonds is 6. The monoisotopic (exact) mass is 244 g/mol. The fourth-order valence-electron chi connectivity index (χ4n) is 2.02. The molecule has 1 saturated heterocycles. The van der Waals surface area contributed by atoms with Crippen LogP contribution in [0, 0.1) is 5.92 Å². The third-order valence-corrected chi connectivity index (χ3v) is 2.90. The zero-order valence-electron chi connectivity index (χ0n) is 10.3. The number of nitrogens with zero attached hydrogens (tertiary/aromatic N) is 1. The molecule has 1 fully saturated rings. The van der Waals surface area contributed by atoms with Crippen LogP contribution in [0.4, 0.5) is 0 Å². The van der Waals surface area contributed by atoms with Crippen molar-refractivity contribution in [2.45, 2.75) is 19.4 Å². The van der Waals surface area contributed by atoms with Crippen LogP contribution in [0.2, 0.25) is 0 Å². The molecule has 2 N–H and O–H groups in total. The van der Waals surface area contributed by atoms with Crippen LogP contribution in [0.1, 0.15) is 13.3 Å². The number of carbonyl (C=O) groups excluding carboxylic acids is 1. The van der Waals surface area contributed by atoms with Gasteiger partial charge in [0, 0.05) is 12.6 Å². The summed E-state index contributed by atoms with van der Waals surface area (Å²) < 4.78 is 5.26. The number of carboxylic acids is 1. The summed E-state index contributed by atoms with van der Waals surface area (Å²) in [7, 11) is 1.78. The first-order valence-corrected chi connectivity index (χ1v) is 5.85. The molecule has 1 aliphatic rings. The number of likely N-dealkylation sites (N-methyl/N-ethyl adjacent to an activating group) is 1. The highest BCUT2D eigenvalue weighted by atomic mass is 16.5. The Morgan fingerprint density at radius 3 is 2.71 bits per heavy atom. The summed E-state index contributed by atoms with van der Waals surface area (Å²) in [5, 5.41) is 11.8. The molecule has 0 bridgehead atoms. The lowest BCUT2D eigenvalue weighted by atomic mass is 10.0. The van der Waals surface area contributed by atoms with Crippen LogP contribution in [-0.4, -0.2) is 61.3 Å². The second kappa shape index (κ2) is 6.56. The molecule has 1 amide bonds. The lowest BCUT2D eigenvalue weighted by Crippen LogP contribution is -2.46. The molecule has 1 aliphatic heterocycles. The van der Waals surface area contributed by atoms with Gasteiger partial charge < -0.3 is 20.1 Å². The van der Waals surface area contributed by atoms with E-state index in [9.17, 15) is 9.59 Å². The molecule has 17 heavy (non-hydrogen) atoms. The summed E-state index contributed by atoms with van der Waals surface area (Å²) in [6.07, 6.45) is 0.747. The van der Waals surface area contributed by atoms with Crippen molar-refractivity contribution in [3.8, 4) is 0 Å². The fourth-order valence-corrected chi connectivity index (χ4v) is 2.02. The van der Waals surface area contributed by atoms with Crippen molar-refractivity contribution in [2.75, 3.05) is 33.4 Å². The van der Waals surface area contributed by atoms with Gasteiger partial charge in [0.25, 0.3) is 0 Å². The van der Waals surface area contributed by atoms with E-state index in [0.717, 1.165) is 6.42 Å². The van der Waals surface area contributed by atoms with Crippen LogP contribution < -0.4 is 5.32 Å². The molecule has 0 aromatic rings. The normalized spacial score (nSPS) is 23.6. The lowest BCUT2D eigenvalue weighted by Gasteiger charge is -2.25. The average molecular weight is 244 g/mol. The molecule has 0 saturated carbocycles. The number of nitrogens with one attached hydrogen (secondary N) is 1. The highest BCUT2D eigenvalue weighted by Gasteiger charge is 2.35. The molecule has 2 atom stereocenters. The van der Waals surface area contributed by atoms with Gasteiger partial charge in [0.15, 0.2) is 0 Å². The van der Waals surface area contributed by atoms with Gasteiger partial charge in [0.2, 0.25) is 5.91 Å². The molecule has 2 unspecified atom stereocenters. The summed E-state index contributed by atoms with van der Waals surface area (Å²) in [6.45, 7) is 3.02. The first kappa shape index (κ1) is 13.9. The second-order valence-electron chi connectivity index (χ2n) is 4.19. The Morgan fingerprint density at radius 2 is 2.18 bits per heavy atom. The smallest absolute Gasteiger partial charge is 0.323 e. The first-order valence-electron chi connectivity index (χ1n) is 5.85. The van der Waals surface area contributed by atoms with Crippen molar-refractivity contribution in [1.82, 2.24) is 10.2 Å². The number of hydrogen-bond donors (Lipinski definition) is 2. The summed E-state index contributed by atoms with van der Waals surface area (Å²) in [5.74, 6) is -1.39. The van der Waals surface area contributed by atoms with Crippen LogP contribution in [0.5, 0.6) is 0 Å². The molecule has 6 nitrogen and oxygen atoms in total. The van der Waals surface area contributed by atoms with Crippen LogP contribution >= 0.6 is 0 Å². The average Bonchev–Trinajstić information content (AvgIpc) is 2.74. The van der Waals surface area contributed by atoms with Crippen molar-refractivity contribution < 1.29 is 19.4 Å². The van der Waals surface area contributed by atoms with Crippen molar-refractivity contribution in [1.29, 1.82) is 0 Å². The summed E-state index contributed by atoms with van der Waals surface area (Å²) >= 11 is 0. The number of amides is 1. The zero-order chi connectivity index (χ0) is 12.8. The van der Waals surface area contributed by atoms with E-state index in [1.54, 1.807) is 7.05 Å². The van der Waals surface area contributed by atoms with E-state index >= 15 is 0 Å². The van der Waals surface area contributed by atoms with Gasteiger partial charge in [-0.25, -0.2) is 0 Å². The maximum Gasteiger partial charge on any atom is 0.323 e. The quantitative estimate of drug-likeness (QED) is 0.661. The van der Waals surface area contributed by atoms with E-state index in [-0.39, 0.29) is 24.4 Å². The molecule has 0 aliphatic carbocycles. The molecule has 6 heteroatoms. The van der Waals surface area contributed by atoms with Gasteiger partial charge >= 0.3 is 5.97 Å². The van der Waals surface area contributed by atoms with E-state index in [4.69, 9.17) is 9.84 Å². The molecular weight excluding hydrogens is 224 g/mol. The van der Waals surface area contributed by atoms with Gasteiger partial charge in [0.05, 0.1) is 19.1 Å². The maximum absolute atomic E-state index is 12.2. The van der Waals surface area contributed by atoms with Crippen LogP contribution in [0.15, 0.2) is 0 Å². The van der Waals surface area contributed by atoms with Crippen LogP contribution in [0.3, 0.4) is 0 Å². The Bertz CT molecular complexity index is 283. The van der Waals surface area contributed by atoms with Gasteiger partial charge in [-0.1, -0.05) is 6.92 Å². The topological polar surface area (TPSA) is 78.9 Å². The molecule has 0 aromatic heterocycles. The predicted octanol–water partition coefficient (Wildman–Crippen LogP) is -0.456. The van der Waals surface area contributed by atoms with Crippen LogP contribution in [-0.2, 0) is 14.3 Å². The van der Waals surface area contributed by atoms with Crippen molar-refractivity contribution in [3.05, 3.63) is 0 Å². The third kappa shape index (κ3) is 3.67. The molecule has 0 radical (unpaired) electrons. The summed E-state index contributed by atoms with van der Waals surface area (Å²) in [4.78, 5) is 24.3. The maximum atomic E-state index is 12.2. The minimum Gasteiger partial charge on any atom is -0.480 e. The van der Waals surface area contributed by atoms with E-state index in [0.29, 0.717) is 19.8 Å². The fraction of sp³-hybridized carbons (Fsp3) is 0.818. The zero-order valence-corrected chi connectivity index (χ0v) is 10.3. The molecule has 1 heterocycles. The molecule has 0 aromatic carbocycles. The molecule has 98 valence electrons. The van der Waals surface area contributed by atoms with E-state index in [2.05, 4.69) is 5.32 Å². The highest BCUT2D eigenvalue weighted by Crippen LogP contribution is 2.16. The van der Waals surface area contributed by atoms with Gasteiger partial charge in [-0.05, 0) is 13.5 Å². The van der Waals surface area contributed by atoms with Crippen molar-refractivity contribution in [2.24, 2.45) is 5.92 Å². The van der Waals surface area contributed by atoms with E-state index in [1.807, 2.05) is 6.92 Å². The van der Waals surface area contributed by atoms with Crippen molar-refractivity contribution in [3.63, 3.8) is 0 Å². The Balaban J connectivity index is 2.65. The third-order valence-electron chi connectivity index (χ3n) is 2.90. The summed E-state index contributed by atoms with van der Waals surface area (Å²) in [5.41, 5.74) is 0. The minimum absolute atomic E-state index is 0.0179. The number of hydrogen-bond acceptors (Lipinski definition) is 4. The second-order valence-corrected chi connectivity index (χ2v) is 4.19. The SMILES string of the molecule is CCCN(CC(=O)O)C(=O)C1COCC1NC. The van der Waals surface area contributed by atoms with Gasteiger partial charge in [0.1, 0.15) is 6.54 Å². The Hall–Kier alpha value is -1.14. The standard InChI is InChI=1S/C11H20N2O4/c1-3-4-13(5-10(14)15)11(16)8-6-17-7-9(8)12-2/h8-9,12H,3-7H2,1-2H3,(H,14,15). The van der Waals surface area contributed by atoms with E-state index in [1.165, 1.54) is 4.90 Å². The van der Waals surface area contributed by atoms with Crippen LogP contribution in [0.25, 0.3) is 0 Å². The van der Waals surface area contributed by atoms with Crippen molar-refractivity contribution >= 4 is 11.9 Å². The van der Waals surface area contributed by atoms with E-state index < -0.39 is 5.97 Å². The predicted molar refractivity (Wildman–Crippen MR) is 61.7 cm³/mol. The largest absolute Gasteiger partial charge is 0.480 e. The Labute approximate surface area is 101 Å². The highest BCUT2D eigenvalue weighted by molar-refractivity contribution is 5.84. The Kier molecular flexibility index (Phi) is 5.37. The lowest BCUT2D eigenvalue weighted by molar-refractivity contribution is -0.146. The van der Waals surface area contributed by atoms with Gasteiger partial charge in [-0.2, -0.15) is 0 Å². The number of aliphatic carboxylic acids is 1. The Morgan fingerprint density at radius 1 is 1.47 bits per heavy atom. The number of ether oxygens (including phenoxy) is 1. The summed E-state index contributed by atoms with van der Waals surface area (Å²) in [6, 6.07) is -0.0179. The minimum atomic E-state index is -0.980. The van der Waals surface area contributed by atoms with Gasteiger partial charge in [-0.15, -0.1) is 0 Å². The first-order chi connectivity index (χ1) is 8.10.